The Morgan fingerprint density at radius 3 is 2.07 bits per heavy atom. The first-order valence-electron chi connectivity index (χ1n) is 10.9. The molecule has 4 nitrogen and oxygen atoms in total. The van der Waals surface area contributed by atoms with Crippen LogP contribution in [0, 0.1) is 23.2 Å². The number of likely N-dealkylation sites (tertiary alicyclic amines) is 1. The number of carboxylic acid groups (broad SMARTS) is 1. The molecule has 0 amide bonds. The third-order valence-electron chi connectivity index (χ3n) is 8.50. The van der Waals surface area contributed by atoms with Crippen molar-refractivity contribution in [2.75, 3.05) is 24.5 Å². The minimum absolute atomic E-state index is 0.381. The number of piperazine rings is 1. The molecular weight excluding hydrogens is 336 g/mol. The number of hydrogen-bond donors (Lipinski definition) is 1. The molecule has 2 atom stereocenters. The van der Waals surface area contributed by atoms with Crippen molar-refractivity contribution >= 4 is 11.7 Å². The van der Waals surface area contributed by atoms with Crippen molar-refractivity contribution in [2.45, 2.75) is 57.0 Å². The molecule has 27 heavy (non-hydrogen) atoms. The quantitative estimate of drug-likeness (QED) is 0.879. The Kier molecular flexibility index (Phi) is 3.48. The average Bonchev–Trinajstić information content (AvgIpc) is 3.20. The van der Waals surface area contributed by atoms with Crippen molar-refractivity contribution in [3.63, 3.8) is 0 Å². The molecule has 0 aromatic heterocycles. The van der Waals surface area contributed by atoms with Crippen LogP contribution in [-0.4, -0.2) is 47.7 Å². The van der Waals surface area contributed by atoms with E-state index < -0.39 is 5.97 Å². The van der Waals surface area contributed by atoms with E-state index in [0.717, 1.165) is 24.3 Å². The van der Waals surface area contributed by atoms with Crippen molar-refractivity contribution in [1.29, 1.82) is 0 Å². The average molecular weight is 367 g/mol. The van der Waals surface area contributed by atoms with Gasteiger partial charge in [-0.05, 0) is 92.4 Å². The van der Waals surface area contributed by atoms with Gasteiger partial charge in [0.1, 0.15) is 0 Å². The molecule has 4 aliphatic carbocycles. The molecule has 144 valence electrons. The van der Waals surface area contributed by atoms with Crippen molar-refractivity contribution < 1.29 is 9.90 Å². The molecule has 6 fully saturated rings. The Morgan fingerprint density at radius 2 is 1.56 bits per heavy atom. The van der Waals surface area contributed by atoms with E-state index >= 15 is 0 Å². The van der Waals surface area contributed by atoms with Crippen LogP contribution >= 0.6 is 0 Å². The van der Waals surface area contributed by atoms with E-state index in [2.05, 4.69) is 9.80 Å². The number of hydrogen-bond acceptors (Lipinski definition) is 3. The van der Waals surface area contributed by atoms with Gasteiger partial charge in [0.05, 0.1) is 5.56 Å². The topological polar surface area (TPSA) is 43.8 Å². The van der Waals surface area contributed by atoms with E-state index in [9.17, 15) is 4.79 Å². The van der Waals surface area contributed by atoms with Gasteiger partial charge in [0.2, 0.25) is 0 Å². The second-order valence-corrected chi connectivity index (χ2v) is 10.4. The number of nitrogens with zero attached hydrogens (tertiary/aromatic N) is 2. The molecule has 6 aliphatic rings. The zero-order valence-corrected chi connectivity index (χ0v) is 16.0. The molecule has 6 bridgehead atoms. The van der Waals surface area contributed by atoms with Crippen molar-refractivity contribution in [3.8, 4) is 0 Å². The number of carbonyl (C=O) groups is 1. The molecule has 2 heterocycles. The van der Waals surface area contributed by atoms with Gasteiger partial charge in [-0.15, -0.1) is 0 Å². The predicted molar refractivity (Wildman–Crippen MR) is 105 cm³/mol. The predicted octanol–water partition coefficient (Wildman–Crippen LogP) is 3.86. The van der Waals surface area contributed by atoms with E-state index in [0.29, 0.717) is 23.1 Å². The highest BCUT2D eigenvalue weighted by Gasteiger charge is 2.53. The van der Waals surface area contributed by atoms with E-state index in [1.54, 1.807) is 12.1 Å². The van der Waals surface area contributed by atoms with Gasteiger partial charge >= 0.3 is 5.97 Å². The van der Waals surface area contributed by atoms with Gasteiger partial charge in [-0.2, -0.15) is 0 Å². The summed E-state index contributed by atoms with van der Waals surface area (Å²) in [4.78, 5) is 16.4. The van der Waals surface area contributed by atoms with Crippen molar-refractivity contribution in [1.82, 2.24) is 4.90 Å². The van der Waals surface area contributed by atoms with Crippen LogP contribution in [0.5, 0.6) is 0 Å². The van der Waals surface area contributed by atoms with Crippen LogP contribution < -0.4 is 4.90 Å². The van der Waals surface area contributed by atoms with Crippen LogP contribution in [0.25, 0.3) is 0 Å². The first-order chi connectivity index (χ1) is 13.1. The summed E-state index contributed by atoms with van der Waals surface area (Å²) < 4.78 is 0. The Hall–Kier alpha value is -1.55. The molecule has 7 rings (SSSR count). The van der Waals surface area contributed by atoms with Crippen LogP contribution in [0.4, 0.5) is 5.69 Å². The van der Waals surface area contributed by atoms with Crippen LogP contribution in [0.1, 0.15) is 55.3 Å². The Bertz CT molecular complexity index is 723. The molecule has 2 aliphatic heterocycles. The lowest BCUT2D eigenvalue weighted by molar-refractivity contribution is -0.0712. The Labute approximate surface area is 161 Å². The van der Waals surface area contributed by atoms with E-state index in [1.165, 1.54) is 63.7 Å². The fourth-order valence-electron chi connectivity index (χ4n) is 7.97. The SMILES string of the molecule is O=C(O)c1ccc(N2CC3CC2CN3CC23CC4CC(CC(C4)C2)C3)cc1. The van der Waals surface area contributed by atoms with Crippen molar-refractivity contribution in [3.05, 3.63) is 29.8 Å². The summed E-state index contributed by atoms with van der Waals surface area (Å²) in [6.07, 6.45) is 10.4. The first kappa shape index (κ1) is 16.4. The van der Waals surface area contributed by atoms with E-state index in [-0.39, 0.29) is 0 Å². The van der Waals surface area contributed by atoms with Gasteiger partial charge in [-0.1, -0.05) is 0 Å². The molecular formula is C23H30N2O2. The summed E-state index contributed by atoms with van der Waals surface area (Å²) in [6, 6.07) is 8.79. The molecule has 0 radical (unpaired) electrons. The highest BCUT2D eigenvalue weighted by Crippen LogP contribution is 2.60. The van der Waals surface area contributed by atoms with Crippen LogP contribution in [-0.2, 0) is 0 Å². The number of fused-ring (bicyclic) bond motifs is 2. The number of anilines is 1. The first-order valence-corrected chi connectivity index (χ1v) is 10.9. The van der Waals surface area contributed by atoms with Gasteiger partial charge in [0.15, 0.2) is 0 Å². The van der Waals surface area contributed by atoms with Gasteiger partial charge in [0.25, 0.3) is 0 Å². The van der Waals surface area contributed by atoms with Gasteiger partial charge in [-0.3, -0.25) is 4.90 Å². The molecule has 1 N–H and O–H groups in total. The molecule has 4 heteroatoms. The second kappa shape index (κ2) is 5.73. The largest absolute Gasteiger partial charge is 0.478 e. The molecule has 1 aromatic rings. The van der Waals surface area contributed by atoms with Crippen LogP contribution in [0.2, 0.25) is 0 Å². The smallest absolute Gasteiger partial charge is 0.335 e. The Morgan fingerprint density at radius 1 is 0.926 bits per heavy atom. The zero-order valence-electron chi connectivity index (χ0n) is 16.0. The standard InChI is InChI=1S/C23H30N2O2/c26-22(27)18-1-3-19(4-2-18)25-13-20-8-21(25)12-24(20)14-23-9-15-5-16(10-23)7-17(6-15)11-23/h1-4,15-17,20-21H,5-14H2,(H,26,27). The molecule has 2 saturated heterocycles. The van der Waals surface area contributed by atoms with Crippen LogP contribution in [0.15, 0.2) is 24.3 Å². The lowest BCUT2D eigenvalue weighted by atomic mass is 9.49. The van der Waals surface area contributed by atoms with Gasteiger partial charge in [-0.25, -0.2) is 4.79 Å². The van der Waals surface area contributed by atoms with Gasteiger partial charge in [0, 0.05) is 37.4 Å². The summed E-state index contributed by atoms with van der Waals surface area (Å²) in [6.45, 7) is 3.67. The maximum atomic E-state index is 11.1. The summed E-state index contributed by atoms with van der Waals surface area (Å²) in [5.74, 6) is 2.28. The lowest BCUT2D eigenvalue weighted by Gasteiger charge is -2.58. The number of rotatable bonds is 4. The fourth-order valence-corrected chi connectivity index (χ4v) is 7.97. The highest BCUT2D eigenvalue weighted by molar-refractivity contribution is 5.88. The van der Waals surface area contributed by atoms with E-state index in [4.69, 9.17) is 5.11 Å². The van der Waals surface area contributed by atoms with Gasteiger partial charge < -0.3 is 10.0 Å². The molecule has 4 saturated carbocycles. The third-order valence-corrected chi connectivity index (χ3v) is 8.50. The maximum Gasteiger partial charge on any atom is 0.335 e. The normalized spacial score (nSPS) is 42.2. The van der Waals surface area contributed by atoms with Crippen molar-refractivity contribution in [2.24, 2.45) is 23.2 Å². The summed E-state index contributed by atoms with van der Waals surface area (Å²) in [5.41, 5.74) is 2.22. The summed E-state index contributed by atoms with van der Waals surface area (Å²) in [7, 11) is 0. The third kappa shape index (κ3) is 2.63. The summed E-state index contributed by atoms with van der Waals surface area (Å²) in [5, 5.41) is 9.11. The number of carboxylic acids is 1. The Balaban J connectivity index is 1.14. The minimum Gasteiger partial charge on any atom is -0.478 e. The monoisotopic (exact) mass is 366 g/mol. The van der Waals surface area contributed by atoms with Crippen LogP contribution in [0.3, 0.4) is 0 Å². The number of benzene rings is 1. The molecule has 0 spiro atoms. The molecule has 1 aromatic carbocycles. The minimum atomic E-state index is -0.841. The summed E-state index contributed by atoms with van der Waals surface area (Å²) >= 11 is 0. The lowest BCUT2D eigenvalue weighted by Crippen LogP contribution is -2.55. The highest BCUT2D eigenvalue weighted by atomic mass is 16.4. The fraction of sp³-hybridized carbons (Fsp3) is 0.696. The second-order valence-electron chi connectivity index (χ2n) is 10.4. The molecule has 2 unspecified atom stereocenters. The maximum absolute atomic E-state index is 11.1. The zero-order chi connectivity index (χ0) is 18.2. The van der Waals surface area contributed by atoms with E-state index in [1.807, 2.05) is 12.1 Å². The number of aromatic carboxylic acids is 1.